The molecule has 0 fully saturated rings. The summed E-state index contributed by atoms with van der Waals surface area (Å²) in [4.78, 5) is 0. The highest BCUT2D eigenvalue weighted by Gasteiger charge is 2.14. The number of para-hydroxylation sites is 1. The second-order valence-corrected chi connectivity index (χ2v) is 3.95. The molecule has 2 N–H and O–H groups in total. The molecule has 19 heavy (non-hydrogen) atoms. The maximum atomic E-state index is 9.86. The van der Waals surface area contributed by atoms with E-state index in [0.717, 1.165) is 0 Å². The van der Waals surface area contributed by atoms with Crippen molar-refractivity contribution in [2.75, 3.05) is 0 Å². The van der Waals surface area contributed by atoms with Crippen LogP contribution in [0.5, 0.6) is 11.5 Å². The summed E-state index contributed by atoms with van der Waals surface area (Å²) in [5, 5.41) is 36.2. The number of hydrogen-bond donors (Lipinski definition) is 2. The van der Waals surface area contributed by atoms with Crippen molar-refractivity contribution in [2.24, 2.45) is 0 Å². The SMILES string of the molecule is N#Cc1ccc2nnc(-c3cccc(O)c3O)n2c1. The van der Waals surface area contributed by atoms with Crippen LogP contribution in [0.1, 0.15) is 5.56 Å². The number of nitriles is 1. The largest absolute Gasteiger partial charge is 0.504 e. The van der Waals surface area contributed by atoms with Gasteiger partial charge in [0.25, 0.3) is 0 Å². The molecule has 2 aromatic heterocycles. The zero-order chi connectivity index (χ0) is 13.4. The van der Waals surface area contributed by atoms with Crippen LogP contribution >= 0.6 is 0 Å². The molecule has 1 aromatic carbocycles. The van der Waals surface area contributed by atoms with Crippen LogP contribution in [0.2, 0.25) is 0 Å². The van der Waals surface area contributed by atoms with Crippen LogP contribution in [0.25, 0.3) is 17.0 Å². The summed E-state index contributed by atoms with van der Waals surface area (Å²) in [6.07, 6.45) is 1.58. The summed E-state index contributed by atoms with van der Waals surface area (Å²) in [5.74, 6) is -0.134. The van der Waals surface area contributed by atoms with Gasteiger partial charge in [-0.25, -0.2) is 0 Å². The van der Waals surface area contributed by atoms with E-state index in [2.05, 4.69) is 10.2 Å². The highest BCUT2D eigenvalue weighted by molar-refractivity contribution is 5.69. The van der Waals surface area contributed by atoms with E-state index >= 15 is 0 Å². The molecule has 0 saturated carbocycles. The highest BCUT2D eigenvalue weighted by Crippen LogP contribution is 2.35. The Hall–Kier alpha value is -3.07. The fraction of sp³-hybridized carbons (Fsp3) is 0. The van der Waals surface area contributed by atoms with Crippen LogP contribution in [0.15, 0.2) is 36.5 Å². The van der Waals surface area contributed by atoms with Crippen molar-refractivity contribution in [3.63, 3.8) is 0 Å². The molecule has 0 aliphatic rings. The van der Waals surface area contributed by atoms with E-state index in [-0.39, 0.29) is 11.5 Å². The third-order valence-corrected chi connectivity index (χ3v) is 2.79. The van der Waals surface area contributed by atoms with E-state index < -0.39 is 0 Å². The van der Waals surface area contributed by atoms with Gasteiger partial charge in [-0.05, 0) is 24.3 Å². The van der Waals surface area contributed by atoms with Gasteiger partial charge in [-0.1, -0.05) is 6.07 Å². The van der Waals surface area contributed by atoms with Crippen molar-refractivity contribution in [1.29, 1.82) is 5.26 Å². The lowest BCUT2D eigenvalue weighted by Gasteiger charge is -2.04. The fourth-order valence-electron chi connectivity index (χ4n) is 1.85. The molecule has 0 atom stereocenters. The molecular weight excluding hydrogens is 244 g/mol. The van der Waals surface area contributed by atoms with Crippen molar-refractivity contribution < 1.29 is 10.2 Å². The van der Waals surface area contributed by atoms with Gasteiger partial charge in [-0.15, -0.1) is 10.2 Å². The Morgan fingerprint density at radius 1 is 1.11 bits per heavy atom. The molecule has 0 unspecified atom stereocenters. The van der Waals surface area contributed by atoms with Crippen molar-refractivity contribution in [3.05, 3.63) is 42.1 Å². The minimum Gasteiger partial charge on any atom is -0.504 e. The average molecular weight is 252 g/mol. The van der Waals surface area contributed by atoms with E-state index in [1.807, 2.05) is 6.07 Å². The number of pyridine rings is 1. The number of aromatic hydroxyl groups is 2. The monoisotopic (exact) mass is 252 g/mol. The number of hydrogen-bond acceptors (Lipinski definition) is 5. The molecule has 3 aromatic rings. The third kappa shape index (κ3) is 1.65. The first-order valence-corrected chi connectivity index (χ1v) is 5.47. The molecular formula is C13H8N4O2. The molecule has 2 heterocycles. The van der Waals surface area contributed by atoms with Crippen molar-refractivity contribution >= 4 is 5.65 Å². The quantitative estimate of drug-likeness (QED) is 0.642. The molecule has 6 nitrogen and oxygen atoms in total. The first-order valence-electron chi connectivity index (χ1n) is 5.47. The Bertz CT molecular complexity index is 817. The highest BCUT2D eigenvalue weighted by atomic mass is 16.3. The second kappa shape index (κ2) is 3.99. The predicted molar refractivity (Wildman–Crippen MR) is 66.5 cm³/mol. The lowest BCUT2D eigenvalue weighted by atomic mass is 10.1. The van der Waals surface area contributed by atoms with Crippen LogP contribution in [0, 0.1) is 11.3 Å². The van der Waals surface area contributed by atoms with Gasteiger partial charge in [0, 0.05) is 6.20 Å². The van der Waals surface area contributed by atoms with Gasteiger partial charge in [0.2, 0.25) is 0 Å². The first-order chi connectivity index (χ1) is 9.20. The fourth-order valence-corrected chi connectivity index (χ4v) is 1.85. The van der Waals surface area contributed by atoms with Crippen LogP contribution in [0.3, 0.4) is 0 Å². The van der Waals surface area contributed by atoms with E-state index in [1.165, 1.54) is 6.07 Å². The Balaban J connectivity index is 2.31. The number of phenols is 2. The Morgan fingerprint density at radius 3 is 2.74 bits per heavy atom. The standard InChI is InChI=1S/C13H8N4O2/c14-6-8-4-5-11-15-16-13(17(11)7-8)9-2-1-3-10(18)12(9)19/h1-5,7,18-19H. The molecule has 92 valence electrons. The molecule has 0 aliphatic heterocycles. The molecule has 0 spiro atoms. The number of benzene rings is 1. The molecule has 0 aliphatic carbocycles. The first kappa shape index (κ1) is 11.0. The molecule has 0 saturated heterocycles. The minimum atomic E-state index is -0.265. The van der Waals surface area contributed by atoms with Gasteiger partial charge in [-0.2, -0.15) is 5.26 Å². The summed E-state index contributed by atoms with van der Waals surface area (Å²) in [5.41, 5.74) is 1.35. The topological polar surface area (TPSA) is 94.4 Å². The number of rotatable bonds is 1. The lowest BCUT2D eigenvalue weighted by molar-refractivity contribution is 0.405. The van der Waals surface area contributed by atoms with Crippen LogP contribution in [0.4, 0.5) is 0 Å². The van der Waals surface area contributed by atoms with Crippen molar-refractivity contribution in [2.45, 2.75) is 0 Å². The van der Waals surface area contributed by atoms with Gasteiger partial charge in [-0.3, -0.25) is 4.40 Å². The maximum Gasteiger partial charge on any atom is 0.172 e. The summed E-state index contributed by atoms with van der Waals surface area (Å²) >= 11 is 0. The van der Waals surface area contributed by atoms with E-state index in [9.17, 15) is 10.2 Å². The number of aromatic nitrogens is 3. The molecule has 6 heteroatoms. The third-order valence-electron chi connectivity index (χ3n) is 2.79. The van der Waals surface area contributed by atoms with E-state index in [4.69, 9.17) is 5.26 Å². The number of fused-ring (bicyclic) bond motifs is 1. The maximum absolute atomic E-state index is 9.86. The second-order valence-electron chi connectivity index (χ2n) is 3.95. The number of phenolic OH excluding ortho intramolecular Hbond substituents is 2. The van der Waals surface area contributed by atoms with Gasteiger partial charge < -0.3 is 10.2 Å². The summed E-state index contributed by atoms with van der Waals surface area (Å²) in [7, 11) is 0. The van der Waals surface area contributed by atoms with E-state index in [1.54, 1.807) is 34.9 Å². The van der Waals surface area contributed by atoms with E-state index in [0.29, 0.717) is 22.6 Å². The Labute approximate surface area is 107 Å². The Morgan fingerprint density at radius 2 is 1.95 bits per heavy atom. The van der Waals surface area contributed by atoms with Crippen LogP contribution in [-0.4, -0.2) is 24.8 Å². The zero-order valence-corrected chi connectivity index (χ0v) is 9.65. The predicted octanol–water partition coefficient (Wildman–Crippen LogP) is 1.68. The molecule has 0 amide bonds. The summed E-state index contributed by atoms with van der Waals surface area (Å²) in [6.45, 7) is 0. The van der Waals surface area contributed by atoms with Gasteiger partial charge in [0.05, 0.1) is 11.1 Å². The van der Waals surface area contributed by atoms with Crippen LogP contribution < -0.4 is 0 Å². The molecule has 0 radical (unpaired) electrons. The summed E-state index contributed by atoms with van der Waals surface area (Å²) in [6, 6.07) is 9.91. The summed E-state index contributed by atoms with van der Waals surface area (Å²) < 4.78 is 1.59. The van der Waals surface area contributed by atoms with Crippen LogP contribution in [-0.2, 0) is 0 Å². The van der Waals surface area contributed by atoms with Gasteiger partial charge >= 0.3 is 0 Å². The van der Waals surface area contributed by atoms with Crippen molar-refractivity contribution in [3.8, 4) is 29.0 Å². The van der Waals surface area contributed by atoms with Gasteiger partial charge in [0.15, 0.2) is 23.0 Å². The normalized spacial score (nSPS) is 10.5. The smallest absolute Gasteiger partial charge is 0.172 e. The average Bonchev–Trinajstić information content (AvgIpc) is 2.84. The zero-order valence-electron chi connectivity index (χ0n) is 9.65. The van der Waals surface area contributed by atoms with Crippen molar-refractivity contribution in [1.82, 2.24) is 14.6 Å². The molecule has 3 rings (SSSR count). The Kier molecular flexibility index (Phi) is 2.32. The molecule has 0 bridgehead atoms. The lowest BCUT2D eigenvalue weighted by Crippen LogP contribution is -1.91. The minimum absolute atomic E-state index is 0.231. The van der Waals surface area contributed by atoms with Gasteiger partial charge in [0.1, 0.15) is 6.07 Å². The number of nitrogens with zero attached hydrogens (tertiary/aromatic N) is 4.